The largest absolute Gasteiger partial charge is 0.356 e. The van der Waals surface area contributed by atoms with Crippen LogP contribution in [0.5, 0.6) is 0 Å². The molecule has 1 aliphatic rings. The van der Waals surface area contributed by atoms with Crippen molar-refractivity contribution in [3.63, 3.8) is 0 Å². The first-order valence-corrected chi connectivity index (χ1v) is 11.0. The summed E-state index contributed by atoms with van der Waals surface area (Å²) in [6, 6.07) is 8.07. The Labute approximate surface area is 190 Å². The van der Waals surface area contributed by atoms with Crippen LogP contribution in [-0.2, 0) is 9.59 Å². The Hall–Kier alpha value is -3.29. The summed E-state index contributed by atoms with van der Waals surface area (Å²) < 4.78 is 41.9. The molecular weight excluding hydrogens is 431 g/mol. The van der Waals surface area contributed by atoms with E-state index in [1.807, 2.05) is 0 Å². The molecule has 1 saturated carbocycles. The van der Waals surface area contributed by atoms with Gasteiger partial charge in [0.05, 0.1) is 11.2 Å². The highest BCUT2D eigenvalue weighted by Gasteiger charge is 2.34. The fourth-order valence-corrected chi connectivity index (χ4v) is 4.44. The fraction of sp³-hybridized carbons (Fsp3) is 0.360. The number of rotatable bonds is 7. The topological polar surface area (TPSA) is 65.2 Å². The monoisotopic (exact) mass is 457 g/mol. The predicted molar refractivity (Wildman–Crippen MR) is 120 cm³/mol. The molecular formula is C25H26F3N3O2. The van der Waals surface area contributed by atoms with E-state index in [0.29, 0.717) is 23.2 Å². The zero-order chi connectivity index (χ0) is 23.7. The lowest BCUT2D eigenvalue weighted by Crippen LogP contribution is -2.35. The molecule has 0 atom stereocenters. The smallest absolute Gasteiger partial charge is 0.222 e. The number of hydrogen-bond donors (Lipinski definition) is 2. The quantitative estimate of drug-likeness (QED) is 0.539. The first-order valence-electron chi connectivity index (χ1n) is 11.0. The molecule has 1 fully saturated rings. The van der Waals surface area contributed by atoms with Crippen molar-refractivity contribution in [2.45, 2.75) is 31.6 Å². The van der Waals surface area contributed by atoms with Crippen molar-refractivity contribution in [2.24, 2.45) is 5.92 Å². The van der Waals surface area contributed by atoms with Gasteiger partial charge in [0.2, 0.25) is 11.8 Å². The van der Waals surface area contributed by atoms with Gasteiger partial charge in [-0.1, -0.05) is 0 Å². The van der Waals surface area contributed by atoms with Gasteiger partial charge in [-0.05, 0) is 66.1 Å². The minimum Gasteiger partial charge on any atom is -0.356 e. The third-order valence-corrected chi connectivity index (χ3v) is 6.29. The van der Waals surface area contributed by atoms with E-state index >= 15 is 0 Å². The number of nitrogens with zero attached hydrogens (tertiary/aromatic N) is 1. The van der Waals surface area contributed by atoms with Crippen LogP contribution in [0.25, 0.3) is 22.2 Å². The van der Waals surface area contributed by atoms with Gasteiger partial charge < -0.3 is 15.2 Å². The zero-order valence-electron chi connectivity index (χ0n) is 18.6. The Balaban J connectivity index is 1.48. The number of nitrogens with one attached hydrogen (secondary N) is 2. The molecule has 2 aromatic carbocycles. The maximum absolute atomic E-state index is 14.5. The van der Waals surface area contributed by atoms with E-state index in [2.05, 4.69) is 10.3 Å². The molecule has 0 saturated heterocycles. The lowest BCUT2D eigenvalue weighted by atomic mass is 9.70. The van der Waals surface area contributed by atoms with Gasteiger partial charge in [0.15, 0.2) is 0 Å². The van der Waals surface area contributed by atoms with Gasteiger partial charge in [-0.15, -0.1) is 0 Å². The summed E-state index contributed by atoms with van der Waals surface area (Å²) in [4.78, 5) is 28.2. The second kappa shape index (κ2) is 9.29. The zero-order valence-corrected chi connectivity index (χ0v) is 18.6. The molecule has 33 heavy (non-hydrogen) atoms. The highest BCUT2D eigenvalue weighted by molar-refractivity contribution is 5.92. The molecule has 0 radical (unpaired) electrons. The van der Waals surface area contributed by atoms with Crippen molar-refractivity contribution in [3.8, 4) is 11.3 Å². The van der Waals surface area contributed by atoms with Crippen LogP contribution < -0.4 is 5.32 Å². The van der Waals surface area contributed by atoms with Gasteiger partial charge in [0.1, 0.15) is 17.5 Å². The standard InChI is InChI=1S/C25H26F3N3O2/c1-31(2)22(33)8-7-21(32)29-13-14-9-16(10-14)23-19-11-18(27)12-20(28)25(19)30-24(23)15-3-5-17(26)6-4-15/h3-6,11-12,14,16,30H,7-10,13H2,1-2H3,(H,29,32)/t14-,16+. The number of carbonyl (C=O) groups excluding carboxylic acids is 2. The van der Waals surface area contributed by atoms with Crippen molar-refractivity contribution in [1.82, 2.24) is 15.2 Å². The Kier molecular flexibility index (Phi) is 6.44. The Morgan fingerprint density at radius 2 is 1.73 bits per heavy atom. The summed E-state index contributed by atoms with van der Waals surface area (Å²) in [5, 5.41) is 3.36. The Morgan fingerprint density at radius 3 is 2.39 bits per heavy atom. The number of fused-ring (bicyclic) bond motifs is 1. The van der Waals surface area contributed by atoms with Crippen molar-refractivity contribution >= 4 is 22.7 Å². The summed E-state index contributed by atoms with van der Waals surface area (Å²) in [7, 11) is 3.30. The van der Waals surface area contributed by atoms with E-state index in [1.54, 1.807) is 26.2 Å². The number of aromatic amines is 1. The third-order valence-electron chi connectivity index (χ3n) is 6.29. The van der Waals surface area contributed by atoms with E-state index in [-0.39, 0.29) is 47.8 Å². The molecule has 0 unspecified atom stereocenters. The number of amides is 2. The molecule has 0 bridgehead atoms. The number of carbonyl (C=O) groups is 2. The van der Waals surface area contributed by atoms with E-state index in [9.17, 15) is 22.8 Å². The number of halogens is 3. The average molecular weight is 457 g/mol. The lowest BCUT2D eigenvalue weighted by molar-refractivity contribution is -0.131. The van der Waals surface area contributed by atoms with Crippen molar-refractivity contribution in [3.05, 3.63) is 59.4 Å². The van der Waals surface area contributed by atoms with E-state index in [0.717, 1.165) is 24.5 Å². The van der Waals surface area contributed by atoms with Crippen LogP contribution >= 0.6 is 0 Å². The molecule has 2 amide bonds. The fourth-order valence-electron chi connectivity index (χ4n) is 4.44. The van der Waals surface area contributed by atoms with E-state index in [4.69, 9.17) is 0 Å². The van der Waals surface area contributed by atoms with E-state index < -0.39 is 11.6 Å². The maximum atomic E-state index is 14.5. The molecule has 0 aliphatic heterocycles. The maximum Gasteiger partial charge on any atom is 0.222 e. The van der Waals surface area contributed by atoms with Gasteiger partial charge >= 0.3 is 0 Å². The van der Waals surface area contributed by atoms with Crippen LogP contribution in [-0.4, -0.2) is 42.3 Å². The molecule has 1 heterocycles. The van der Waals surface area contributed by atoms with Crippen molar-refractivity contribution in [1.29, 1.82) is 0 Å². The van der Waals surface area contributed by atoms with Crippen molar-refractivity contribution < 1.29 is 22.8 Å². The third kappa shape index (κ3) is 4.89. The SMILES string of the molecule is CN(C)C(=O)CCC(=O)NC[C@H]1C[C@@H](c2c(-c3ccc(F)cc3)[nH]c3c(F)cc(F)cc32)C1. The summed E-state index contributed by atoms with van der Waals surface area (Å²) in [6.07, 6.45) is 1.80. The van der Waals surface area contributed by atoms with E-state index in [1.165, 1.54) is 23.1 Å². The average Bonchev–Trinajstić information content (AvgIpc) is 3.10. The minimum atomic E-state index is -0.671. The van der Waals surface area contributed by atoms with Crippen LogP contribution in [0.1, 0.15) is 37.2 Å². The molecule has 0 spiro atoms. The highest BCUT2D eigenvalue weighted by atomic mass is 19.1. The first-order chi connectivity index (χ1) is 15.7. The molecule has 3 aromatic rings. The normalized spacial score (nSPS) is 17.6. The molecule has 2 N–H and O–H groups in total. The number of aromatic nitrogens is 1. The molecule has 1 aromatic heterocycles. The molecule has 1 aliphatic carbocycles. The Morgan fingerprint density at radius 1 is 1.03 bits per heavy atom. The lowest BCUT2D eigenvalue weighted by Gasteiger charge is -2.36. The number of H-pyrrole nitrogens is 1. The van der Waals surface area contributed by atoms with Gasteiger partial charge in [0.25, 0.3) is 0 Å². The van der Waals surface area contributed by atoms with Crippen LogP contribution in [0, 0.1) is 23.4 Å². The summed E-state index contributed by atoms with van der Waals surface area (Å²) >= 11 is 0. The molecule has 5 nitrogen and oxygen atoms in total. The predicted octanol–water partition coefficient (Wildman–Crippen LogP) is 4.73. The van der Waals surface area contributed by atoms with Crippen LogP contribution in [0.2, 0.25) is 0 Å². The van der Waals surface area contributed by atoms with Crippen LogP contribution in [0.4, 0.5) is 13.2 Å². The minimum absolute atomic E-state index is 0.0530. The summed E-state index contributed by atoms with van der Waals surface area (Å²) in [6.45, 7) is 0.489. The Bertz CT molecular complexity index is 1180. The van der Waals surface area contributed by atoms with Crippen molar-refractivity contribution in [2.75, 3.05) is 20.6 Å². The van der Waals surface area contributed by atoms with Crippen LogP contribution in [0.15, 0.2) is 36.4 Å². The summed E-state index contributed by atoms with van der Waals surface area (Å²) in [5.74, 6) is -1.68. The molecule has 8 heteroatoms. The second-order valence-electron chi connectivity index (χ2n) is 8.86. The van der Waals surface area contributed by atoms with Gasteiger partial charge in [0, 0.05) is 44.9 Å². The molecule has 4 rings (SSSR count). The highest BCUT2D eigenvalue weighted by Crippen LogP contribution is 2.48. The summed E-state index contributed by atoms with van der Waals surface area (Å²) in [5.41, 5.74) is 2.40. The van der Waals surface area contributed by atoms with Gasteiger partial charge in [-0.2, -0.15) is 0 Å². The number of benzene rings is 2. The van der Waals surface area contributed by atoms with Crippen LogP contribution in [0.3, 0.4) is 0 Å². The van der Waals surface area contributed by atoms with Gasteiger partial charge in [-0.3, -0.25) is 9.59 Å². The first kappa shape index (κ1) is 22.9. The second-order valence-corrected chi connectivity index (χ2v) is 8.86. The van der Waals surface area contributed by atoms with Gasteiger partial charge in [-0.25, -0.2) is 13.2 Å². The number of hydrogen-bond acceptors (Lipinski definition) is 2. The molecule has 174 valence electrons.